The van der Waals surface area contributed by atoms with Gasteiger partial charge in [0.25, 0.3) is 0 Å². The van der Waals surface area contributed by atoms with E-state index >= 15 is 0 Å². The third-order valence-electron chi connectivity index (χ3n) is 3.86. The lowest BCUT2D eigenvalue weighted by Gasteiger charge is -2.12. The number of hydrogen-bond acceptors (Lipinski definition) is 4. The Kier molecular flexibility index (Phi) is 5.06. The van der Waals surface area contributed by atoms with Gasteiger partial charge in [0.05, 0.1) is 5.69 Å². The monoisotopic (exact) mass is 358 g/mol. The van der Waals surface area contributed by atoms with Crippen LogP contribution in [0.15, 0.2) is 42.5 Å². The molecule has 0 fully saturated rings. The number of benzene rings is 2. The van der Waals surface area contributed by atoms with E-state index in [1.807, 2.05) is 31.2 Å². The molecule has 4 nitrogen and oxygen atoms in total. The zero-order chi connectivity index (χ0) is 18.7. The summed E-state index contributed by atoms with van der Waals surface area (Å²) in [6.07, 6.45) is 0. The van der Waals surface area contributed by atoms with E-state index in [1.165, 1.54) is 0 Å². The number of anilines is 3. The number of aryl methyl sites for hydroxylation is 2. The number of nitrogens with zero attached hydrogens (tertiary/aromatic N) is 2. The van der Waals surface area contributed by atoms with E-state index in [-0.39, 0.29) is 11.5 Å². The van der Waals surface area contributed by atoms with Gasteiger partial charge in [-0.3, -0.25) is 0 Å². The van der Waals surface area contributed by atoms with Gasteiger partial charge in [0.1, 0.15) is 17.5 Å². The zero-order valence-electron chi connectivity index (χ0n) is 14.3. The predicted molar refractivity (Wildman–Crippen MR) is 94.9 cm³/mol. The van der Waals surface area contributed by atoms with E-state index in [9.17, 15) is 13.2 Å². The molecule has 0 radical (unpaired) electrons. The summed E-state index contributed by atoms with van der Waals surface area (Å²) in [5.41, 5.74) is 2.06. The SMILES string of the molecule is Cc1nc(NCc2ccccc2C)cc(Nc2ccc(F)c(F)c2F)n1. The van der Waals surface area contributed by atoms with Crippen LogP contribution < -0.4 is 10.6 Å². The Morgan fingerprint density at radius 3 is 2.38 bits per heavy atom. The Morgan fingerprint density at radius 2 is 1.62 bits per heavy atom. The van der Waals surface area contributed by atoms with Gasteiger partial charge in [-0.1, -0.05) is 24.3 Å². The maximum Gasteiger partial charge on any atom is 0.196 e. The highest BCUT2D eigenvalue weighted by Crippen LogP contribution is 2.24. The molecule has 0 unspecified atom stereocenters. The smallest absolute Gasteiger partial charge is 0.196 e. The molecule has 134 valence electrons. The lowest BCUT2D eigenvalue weighted by Crippen LogP contribution is -2.07. The lowest BCUT2D eigenvalue weighted by atomic mass is 10.1. The molecule has 0 saturated heterocycles. The summed E-state index contributed by atoms with van der Waals surface area (Å²) >= 11 is 0. The molecule has 0 amide bonds. The van der Waals surface area contributed by atoms with Crippen molar-refractivity contribution in [3.8, 4) is 0 Å². The highest BCUT2D eigenvalue weighted by molar-refractivity contribution is 5.60. The number of hydrogen-bond donors (Lipinski definition) is 2. The summed E-state index contributed by atoms with van der Waals surface area (Å²) in [5, 5.41) is 5.84. The van der Waals surface area contributed by atoms with Gasteiger partial charge in [0.15, 0.2) is 17.5 Å². The van der Waals surface area contributed by atoms with Crippen LogP contribution in [0.3, 0.4) is 0 Å². The Balaban J connectivity index is 1.80. The zero-order valence-corrected chi connectivity index (χ0v) is 14.3. The minimum Gasteiger partial charge on any atom is -0.366 e. The Labute approximate surface area is 149 Å². The molecule has 0 spiro atoms. The van der Waals surface area contributed by atoms with E-state index in [4.69, 9.17) is 0 Å². The normalized spacial score (nSPS) is 10.7. The van der Waals surface area contributed by atoms with E-state index < -0.39 is 17.5 Å². The molecule has 3 rings (SSSR count). The first-order chi connectivity index (χ1) is 12.4. The molecule has 7 heteroatoms. The van der Waals surface area contributed by atoms with Crippen LogP contribution in [0.25, 0.3) is 0 Å². The molecule has 26 heavy (non-hydrogen) atoms. The van der Waals surface area contributed by atoms with E-state index in [1.54, 1.807) is 13.0 Å². The topological polar surface area (TPSA) is 49.8 Å². The van der Waals surface area contributed by atoms with Crippen molar-refractivity contribution in [3.63, 3.8) is 0 Å². The summed E-state index contributed by atoms with van der Waals surface area (Å²) in [6, 6.07) is 11.5. The molecule has 1 heterocycles. The third kappa shape index (κ3) is 3.93. The van der Waals surface area contributed by atoms with Gasteiger partial charge < -0.3 is 10.6 Å². The molecular formula is C19H17F3N4. The molecule has 1 aromatic heterocycles. The maximum atomic E-state index is 13.8. The average Bonchev–Trinajstić information content (AvgIpc) is 2.61. The number of aromatic nitrogens is 2. The average molecular weight is 358 g/mol. The van der Waals surface area contributed by atoms with Crippen LogP contribution in [-0.4, -0.2) is 9.97 Å². The van der Waals surface area contributed by atoms with Crippen LogP contribution in [0.1, 0.15) is 17.0 Å². The number of halogens is 3. The first-order valence-corrected chi connectivity index (χ1v) is 7.98. The van der Waals surface area contributed by atoms with Gasteiger partial charge in [0.2, 0.25) is 0 Å². The van der Waals surface area contributed by atoms with Gasteiger partial charge in [-0.15, -0.1) is 0 Å². The predicted octanol–water partition coefficient (Wildman–Crippen LogP) is 4.87. The fraction of sp³-hybridized carbons (Fsp3) is 0.158. The molecule has 0 aliphatic carbocycles. The highest BCUT2D eigenvalue weighted by Gasteiger charge is 2.14. The van der Waals surface area contributed by atoms with Crippen LogP contribution in [0.4, 0.5) is 30.5 Å². The van der Waals surface area contributed by atoms with Crippen LogP contribution in [0.5, 0.6) is 0 Å². The Bertz CT molecular complexity index is 944. The summed E-state index contributed by atoms with van der Waals surface area (Å²) in [6.45, 7) is 4.26. The van der Waals surface area contributed by atoms with Crippen LogP contribution in [-0.2, 0) is 6.54 Å². The lowest BCUT2D eigenvalue weighted by molar-refractivity contribution is 0.449. The summed E-state index contributed by atoms with van der Waals surface area (Å²) in [7, 11) is 0. The first-order valence-electron chi connectivity index (χ1n) is 7.98. The molecule has 0 atom stereocenters. The van der Waals surface area contributed by atoms with Gasteiger partial charge in [0, 0.05) is 12.6 Å². The van der Waals surface area contributed by atoms with Crippen LogP contribution >= 0.6 is 0 Å². The van der Waals surface area contributed by atoms with Crippen molar-refractivity contribution in [1.29, 1.82) is 0 Å². The van der Waals surface area contributed by atoms with Crippen molar-refractivity contribution >= 4 is 17.3 Å². The molecule has 3 aromatic rings. The number of rotatable bonds is 5. The summed E-state index contributed by atoms with van der Waals surface area (Å²) in [5.74, 6) is -2.81. The van der Waals surface area contributed by atoms with Crippen LogP contribution in [0.2, 0.25) is 0 Å². The van der Waals surface area contributed by atoms with Crippen molar-refractivity contribution in [3.05, 3.63) is 76.9 Å². The molecule has 0 aliphatic heterocycles. The molecule has 2 aromatic carbocycles. The van der Waals surface area contributed by atoms with Crippen molar-refractivity contribution in [2.75, 3.05) is 10.6 Å². The molecule has 0 saturated carbocycles. The first kappa shape index (κ1) is 17.7. The highest BCUT2D eigenvalue weighted by atomic mass is 19.2. The maximum absolute atomic E-state index is 13.8. The molecule has 0 bridgehead atoms. The van der Waals surface area contributed by atoms with E-state index in [0.29, 0.717) is 18.2 Å². The van der Waals surface area contributed by atoms with Crippen molar-refractivity contribution in [1.82, 2.24) is 9.97 Å². The number of nitrogens with one attached hydrogen (secondary N) is 2. The standard InChI is InChI=1S/C19H17F3N4/c1-11-5-3-4-6-13(11)10-23-16-9-17(25-12(2)24-16)26-15-8-7-14(20)18(21)19(15)22/h3-9H,10H2,1-2H3,(H2,23,24,25,26). The third-order valence-corrected chi connectivity index (χ3v) is 3.86. The fourth-order valence-corrected chi connectivity index (χ4v) is 2.48. The summed E-state index contributed by atoms with van der Waals surface area (Å²) < 4.78 is 40.2. The second-order valence-electron chi connectivity index (χ2n) is 5.81. The second kappa shape index (κ2) is 7.43. The van der Waals surface area contributed by atoms with Gasteiger partial charge in [-0.2, -0.15) is 0 Å². The Hall–Kier alpha value is -3.09. The molecule has 0 aliphatic rings. The molecular weight excluding hydrogens is 341 g/mol. The van der Waals surface area contributed by atoms with Crippen molar-refractivity contribution in [2.24, 2.45) is 0 Å². The van der Waals surface area contributed by atoms with Crippen molar-refractivity contribution < 1.29 is 13.2 Å². The second-order valence-corrected chi connectivity index (χ2v) is 5.81. The van der Waals surface area contributed by atoms with Gasteiger partial charge in [-0.25, -0.2) is 23.1 Å². The largest absolute Gasteiger partial charge is 0.366 e. The van der Waals surface area contributed by atoms with Gasteiger partial charge in [-0.05, 0) is 37.1 Å². The minimum atomic E-state index is -1.53. The van der Waals surface area contributed by atoms with Crippen molar-refractivity contribution in [2.45, 2.75) is 20.4 Å². The quantitative estimate of drug-likeness (QED) is 0.639. The fourth-order valence-electron chi connectivity index (χ4n) is 2.48. The van der Waals surface area contributed by atoms with Gasteiger partial charge >= 0.3 is 0 Å². The minimum absolute atomic E-state index is 0.202. The Morgan fingerprint density at radius 1 is 0.885 bits per heavy atom. The summed E-state index contributed by atoms with van der Waals surface area (Å²) in [4.78, 5) is 8.43. The van der Waals surface area contributed by atoms with Crippen LogP contribution in [0, 0.1) is 31.3 Å². The van der Waals surface area contributed by atoms with E-state index in [0.717, 1.165) is 23.3 Å². The van der Waals surface area contributed by atoms with E-state index in [2.05, 4.69) is 20.6 Å². The molecule has 2 N–H and O–H groups in total.